The zero-order chi connectivity index (χ0) is 18.0. The van der Waals surface area contributed by atoms with Crippen molar-refractivity contribution in [3.63, 3.8) is 0 Å². The number of rotatable bonds is 5. The molecule has 1 aliphatic heterocycles. The van der Waals surface area contributed by atoms with Gasteiger partial charge in [0, 0.05) is 35.8 Å². The van der Waals surface area contributed by atoms with Crippen LogP contribution in [0.2, 0.25) is 0 Å². The highest BCUT2D eigenvalue weighted by atomic mass is 32.3. The number of fused-ring (bicyclic) bond motifs is 1. The Morgan fingerprint density at radius 1 is 1.36 bits per heavy atom. The molecule has 4 N–H and O–H groups in total. The number of hydrogen-bond donors (Lipinski definition) is 3. The topological polar surface area (TPSA) is 95.7 Å². The van der Waals surface area contributed by atoms with Crippen LogP contribution in [-0.2, 0) is 10.0 Å². The molecule has 0 saturated heterocycles. The summed E-state index contributed by atoms with van der Waals surface area (Å²) in [6.07, 6.45) is 7.17. The molecule has 9 heteroatoms. The van der Waals surface area contributed by atoms with Gasteiger partial charge in [0.25, 0.3) is 0 Å². The Kier molecular flexibility index (Phi) is 5.08. The number of nitrogens with two attached hydrogens (primary N) is 1. The van der Waals surface area contributed by atoms with Gasteiger partial charge in [-0.05, 0) is 24.3 Å². The lowest BCUT2D eigenvalue weighted by molar-refractivity contribution is 0.475. The molecule has 0 saturated carbocycles. The Labute approximate surface area is 154 Å². The molecule has 0 spiro atoms. The van der Waals surface area contributed by atoms with E-state index in [-0.39, 0.29) is 9.96 Å². The molecule has 130 valence electrons. The molecule has 25 heavy (non-hydrogen) atoms. The van der Waals surface area contributed by atoms with Crippen LogP contribution in [0, 0.1) is 12.3 Å². The van der Waals surface area contributed by atoms with E-state index in [1.807, 2.05) is 16.4 Å². The fourth-order valence-corrected chi connectivity index (χ4v) is 5.53. The SMILES string of the molecule is C#CCNCC1=Cc2cc(S(N)(=O)=O)sc2SN1c1cccc(O)c1. The van der Waals surface area contributed by atoms with E-state index in [1.54, 1.807) is 24.3 Å². The van der Waals surface area contributed by atoms with E-state index in [9.17, 15) is 13.5 Å². The highest BCUT2D eigenvalue weighted by Gasteiger charge is 2.25. The van der Waals surface area contributed by atoms with Gasteiger partial charge in [-0.1, -0.05) is 12.0 Å². The number of thiophene rings is 1. The Hall–Kier alpha value is -1.96. The second kappa shape index (κ2) is 7.11. The third-order valence-electron chi connectivity index (χ3n) is 3.34. The average molecular weight is 394 g/mol. The first kappa shape index (κ1) is 17.8. The van der Waals surface area contributed by atoms with Gasteiger partial charge < -0.3 is 10.4 Å². The van der Waals surface area contributed by atoms with E-state index in [0.29, 0.717) is 13.1 Å². The largest absolute Gasteiger partial charge is 0.508 e. The number of sulfonamides is 1. The molecule has 2 heterocycles. The van der Waals surface area contributed by atoms with E-state index in [0.717, 1.165) is 32.5 Å². The fourth-order valence-electron chi connectivity index (χ4n) is 2.28. The molecule has 0 atom stereocenters. The van der Waals surface area contributed by atoms with E-state index in [1.165, 1.54) is 11.9 Å². The quantitative estimate of drug-likeness (QED) is 0.409. The Morgan fingerprint density at radius 3 is 2.84 bits per heavy atom. The zero-order valence-corrected chi connectivity index (χ0v) is 15.4. The van der Waals surface area contributed by atoms with Crippen molar-refractivity contribution >= 4 is 45.1 Å². The lowest BCUT2D eigenvalue weighted by atomic mass is 10.2. The molecule has 0 aliphatic carbocycles. The molecule has 0 fully saturated rings. The fraction of sp³-hybridized carbons (Fsp3) is 0.125. The summed E-state index contributed by atoms with van der Waals surface area (Å²) in [7, 11) is -3.75. The van der Waals surface area contributed by atoms with Crippen LogP contribution in [0.4, 0.5) is 5.69 Å². The summed E-state index contributed by atoms with van der Waals surface area (Å²) in [4.78, 5) is 0. The third kappa shape index (κ3) is 4.00. The number of anilines is 1. The third-order valence-corrected chi connectivity index (χ3v) is 7.21. The summed E-state index contributed by atoms with van der Waals surface area (Å²) in [6, 6.07) is 8.41. The predicted molar refractivity (Wildman–Crippen MR) is 102 cm³/mol. The van der Waals surface area contributed by atoms with E-state index in [4.69, 9.17) is 11.6 Å². The smallest absolute Gasteiger partial charge is 0.247 e. The van der Waals surface area contributed by atoms with E-state index >= 15 is 0 Å². The second-order valence-electron chi connectivity index (χ2n) is 5.20. The number of terminal acetylenes is 1. The molecule has 0 amide bonds. The van der Waals surface area contributed by atoms with Crippen LogP contribution in [0.25, 0.3) is 6.08 Å². The van der Waals surface area contributed by atoms with Crippen molar-refractivity contribution in [2.24, 2.45) is 5.14 Å². The van der Waals surface area contributed by atoms with E-state index < -0.39 is 10.0 Å². The molecule has 1 aliphatic rings. The maximum absolute atomic E-state index is 11.6. The van der Waals surface area contributed by atoms with Crippen molar-refractivity contribution in [2.45, 2.75) is 8.42 Å². The van der Waals surface area contributed by atoms with Gasteiger partial charge >= 0.3 is 0 Å². The van der Waals surface area contributed by atoms with Gasteiger partial charge in [0.15, 0.2) is 0 Å². The summed E-state index contributed by atoms with van der Waals surface area (Å²) < 4.78 is 26.1. The normalized spacial score (nSPS) is 13.9. The van der Waals surface area contributed by atoms with Crippen LogP contribution in [0.3, 0.4) is 0 Å². The van der Waals surface area contributed by atoms with Crippen molar-refractivity contribution in [1.82, 2.24) is 5.32 Å². The highest BCUT2D eigenvalue weighted by Crippen LogP contribution is 2.45. The van der Waals surface area contributed by atoms with Crippen molar-refractivity contribution in [2.75, 3.05) is 17.4 Å². The van der Waals surface area contributed by atoms with Crippen molar-refractivity contribution in [1.29, 1.82) is 0 Å². The molecule has 1 aromatic heterocycles. The number of primary sulfonamides is 1. The van der Waals surface area contributed by atoms with Gasteiger partial charge in [-0.3, -0.25) is 4.31 Å². The number of phenolic OH excluding ortho intramolecular Hbond substituents is 1. The van der Waals surface area contributed by atoms with Crippen molar-refractivity contribution in [3.05, 3.63) is 41.6 Å². The predicted octanol–water partition coefficient (Wildman–Crippen LogP) is 2.19. The second-order valence-corrected chi connectivity index (χ2v) is 9.26. The van der Waals surface area contributed by atoms with Crippen LogP contribution in [0.15, 0.2) is 44.4 Å². The number of aromatic hydroxyl groups is 1. The van der Waals surface area contributed by atoms with E-state index in [2.05, 4.69) is 11.2 Å². The molecule has 2 aromatic rings. The molecule has 1 aromatic carbocycles. The van der Waals surface area contributed by atoms with Crippen LogP contribution < -0.4 is 14.8 Å². The van der Waals surface area contributed by atoms with Crippen LogP contribution >= 0.6 is 23.3 Å². The number of nitrogens with one attached hydrogen (secondary N) is 1. The van der Waals surface area contributed by atoms with Gasteiger partial charge in [-0.15, -0.1) is 17.8 Å². The Morgan fingerprint density at radius 2 is 2.16 bits per heavy atom. The number of benzene rings is 1. The summed E-state index contributed by atoms with van der Waals surface area (Å²) in [5.41, 5.74) is 2.46. The van der Waals surface area contributed by atoms with Gasteiger partial charge in [0.2, 0.25) is 10.0 Å². The molecule has 0 radical (unpaired) electrons. The summed E-state index contributed by atoms with van der Waals surface area (Å²) in [6.45, 7) is 0.904. The van der Waals surface area contributed by atoms with Gasteiger partial charge in [-0.25, -0.2) is 13.6 Å². The molecule has 6 nitrogen and oxygen atoms in total. The Balaban J connectivity index is 2.00. The standard InChI is InChI=1S/C16H15N3O3S3/c1-2-6-18-10-13-7-11-8-15(25(17,21)22)23-16(11)24-19(13)12-4-3-5-14(20)9-12/h1,3-5,7-9,18,20H,6,10H2,(H2,17,21,22). The number of nitrogens with zero attached hydrogens (tertiary/aromatic N) is 1. The molecular formula is C16H15N3O3S3. The first-order valence-corrected chi connectivity index (χ1v) is 10.3. The molecular weight excluding hydrogens is 378 g/mol. The Bertz CT molecular complexity index is 974. The summed E-state index contributed by atoms with van der Waals surface area (Å²) in [5.74, 6) is 2.67. The zero-order valence-electron chi connectivity index (χ0n) is 13.0. The minimum Gasteiger partial charge on any atom is -0.508 e. The highest BCUT2D eigenvalue weighted by molar-refractivity contribution is 8.03. The lowest BCUT2D eigenvalue weighted by Crippen LogP contribution is -2.27. The molecule has 0 unspecified atom stereocenters. The number of phenols is 1. The molecule has 0 bridgehead atoms. The lowest BCUT2D eigenvalue weighted by Gasteiger charge is -2.29. The van der Waals surface area contributed by atoms with Crippen molar-refractivity contribution in [3.8, 4) is 18.1 Å². The minimum absolute atomic E-state index is 0.120. The average Bonchev–Trinajstić information content (AvgIpc) is 2.97. The minimum atomic E-state index is -3.75. The number of hydrogen-bond acceptors (Lipinski definition) is 7. The maximum Gasteiger partial charge on any atom is 0.247 e. The van der Waals surface area contributed by atoms with Gasteiger partial charge in [0.05, 0.1) is 16.4 Å². The van der Waals surface area contributed by atoms with Crippen LogP contribution in [0.1, 0.15) is 5.56 Å². The van der Waals surface area contributed by atoms with Gasteiger partial charge in [-0.2, -0.15) is 0 Å². The maximum atomic E-state index is 11.6. The van der Waals surface area contributed by atoms with Crippen molar-refractivity contribution < 1.29 is 13.5 Å². The first-order valence-electron chi connectivity index (χ1n) is 7.17. The summed E-state index contributed by atoms with van der Waals surface area (Å²) in [5, 5.41) is 18.1. The van der Waals surface area contributed by atoms with Gasteiger partial charge in [0.1, 0.15) is 9.96 Å². The van der Waals surface area contributed by atoms with Crippen LogP contribution in [0.5, 0.6) is 5.75 Å². The monoisotopic (exact) mass is 393 g/mol. The summed E-state index contributed by atoms with van der Waals surface area (Å²) >= 11 is 2.51. The first-order chi connectivity index (χ1) is 11.9. The van der Waals surface area contributed by atoms with Crippen LogP contribution in [-0.4, -0.2) is 26.6 Å². The molecule has 3 rings (SSSR count).